The van der Waals surface area contributed by atoms with E-state index in [9.17, 15) is 18.4 Å². The molecule has 2 aromatic carbocycles. The zero-order valence-corrected chi connectivity index (χ0v) is 17.8. The van der Waals surface area contributed by atoms with E-state index in [1.54, 1.807) is 63.4 Å². The Hall–Kier alpha value is -3.41. The van der Waals surface area contributed by atoms with E-state index in [0.29, 0.717) is 29.5 Å². The van der Waals surface area contributed by atoms with Crippen LogP contribution < -0.4 is 4.90 Å². The largest absolute Gasteiger partial charge is 0.313 e. The van der Waals surface area contributed by atoms with Gasteiger partial charge in [0.05, 0.1) is 5.69 Å². The van der Waals surface area contributed by atoms with E-state index >= 15 is 0 Å². The molecule has 1 amide bonds. The van der Waals surface area contributed by atoms with Crippen molar-refractivity contribution in [3.05, 3.63) is 83.2 Å². The molecule has 1 aromatic heterocycles. The lowest BCUT2D eigenvalue weighted by molar-refractivity contribution is -0.118. The maximum atomic E-state index is 14.9. The molecule has 3 rings (SSSR count). The molecule has 3 aromatic rings. The third-order valence-electron chi connectivity index (χ3n) is 5.35. The molecular formula is C25H24F2N2O2. The van der Waals surface area contributed by atoms with Gasteiger partial charge in [-0.15, -0.1) is 0 Å². The average molecular weight is 422 g/mol. The molecule has 6 heteroatoms. The van der Waals surface area contributed by atoms with Crippen LogP contribution in [0.4, 0.5) is 14.5 Å². The van der Waals surface area contributed by atoms with Gasteiger partial charge in [0, 0.05) is 31.6 Å². The molecule has 31 heavy (non-hydrogen) atoms. The summed E-state index contributed by atoms with van der Waals surface area (Å²) in [7, 11) is 1.56. The number of halogens is 2. The highest BCUT2D eigenvalue weighted by Gasteiger charge is 2.17. The predicted molar refractivity (Wildman–Crippen MR) is 117 cm³/mol. The number of ketones is 1. The normalized spacial score (nSPS) is 10.7. The van der Waals surface area contributed by atoms with Crippen LogP contribution in [0.3, 0.4) is 0 Å². The molecule has 0 saturated heterocycles. The number of nitrogens with zero attached hydrogens (tertiary/aromatic N) is 2. The summed E-state index contributed by atoms with van der Waals surface area (Å²) in [5.41, 5.74) is 3.53. The quantitative estimate of drug-likeness (QED) is 0.372. The number of Topliss-reactive ketones (excluding diaryl/α,β-unsaturated/α-hetero) is 1. The molecular weight excluding hydrogens is 398 g/mol. The number of pyridine rings is 1. The van der Waals surface area contributed by atoms with Crippen LogP contribution in [0.5, 0.6) is 0 Å². The molecule has 0 radical (unpaired) electrons. The first-order valence-electron chi connectivity index (χ1n) is 10.1. The molecule has 0 N–H and O–H groups in total. The third kappa shape index (κ3) is 5.02. The summed E-state index contributed by atoms with van der Waals surface area (Å²) in [6.45, 7) is 3.41. The van der Waals surface area contributed by atoms with E-state index in [1.165, 1.54) is 17.2 Å². The van der Waals surface area contributed by atoms with Gasteiger partial charge in [0.25, 0.3) is 0 Å². The van der Waals surface area contributed by atoms with Crippen LogP contribution in [0.2, 0.25) is 0 Å². The van der Waals surface area contributed by atoms with Crippen molar-refractivity contribution < 1.29 is 18.4 Å². The Morgan fingerprint density at radius 2 is 1.71 bits per heavy atom. The Bertz CT molecular complexity index is 1090. The SMILES string of the molecule is CCC(=O)N(C)c1ccc(-c2ccc(C(=O)CCc3ccc(F)nc3)cc2)c(C)c1F. The minimum absolute atomic E-state index is 0.0335. The van der Waals surface area contributed by atoms with Gasteiger partial charge in [-0.1, -0.05) is 43.3 Å². The van der Waals surface area contributed by atoms with E-state index < -0.39 is 11.8 Å². The van der Waals surface area contributed by atoms with Gasteiger partial charge in [-0.05, 0) is 47.7 Å². The Labute approximate surface area is 180 Å². The first-order chi connectivity index (χ1) is 14.8. The number of carbonyl (C=O) groups excluding carboxylic acids is 2. The van der Waals surface area contributed by atoms with Crippen molar-refractivity contribution in [2.24, 2.45) is 0 Å². The van der Waals surface area contributed by atoms with Crippen LogP contribution in [0.15, 0.2) is 54.7 Å². The number of carbonyl (C=O) groups is 2. The third-order valence-corrected chi connectivity index (χ3v) is 5.35. The summed E-state index contributed by atoms with van der Waals surface area (Å²) in [5, 5.41) is 0. The van der Waals surface area contributed by atoms with Crippen LogP contribution in [-0.2, 0) is 11.2 Å². The molecule has 0 aliphatic rings. The van der Waals surface area contributed by atoms with Gasteiger partial charge in [-0.3, -0.25) is 9.59 Å². The fraction of sp³-hybridized carbons (Fsp3) is 0.240. The number of aryl methyl sites for hydroxylation is 1. The molecule has 0 atom stereocenters. The summed E-state index contributed by atoms with van der Waals surface area (Å²) < 4.78 is 27.8. The van der Waals surface area contributed by atoms with Crippen LogP contribution >= 0.6 is 0 Å². The van der Waals surface area contributed by atoms with Crippen LogP contribution in [-0.4, -0.2) is 23.7 Å². The van der Waals surface area contributed by atoms with Crippen LogP contribution in [0.1, 0.15) is 41.3 Å². The Morgan fingerprint density at radius 3 is 2.32 bits per heavy atom. The zero-order chi connectivity index (χ0) is 22.5. The van der Waals surface area contributed by atoms with E-state index in [1.807, 2.05) is 0 Å². The lowest BCUT2D eigenvalue weighted by Crippen LogP contribution is -2.26. The number of rotatable bonds is 7. The molecule has 0 spiro atoms. The molecule has 0 saturated carbocycles. The minimum atomic E-state index is -0.547. The molecule has 0 fully saturated rings. The number of benzene rings is 2. The Morgan fingerprint density at radius 1 is 1.00 bits per heavy atom. The molecule has 160 valence electrons. The second kappa shape index (κ2) is 9.60. The zero-order valence-electron chi connectivity index (χ0n) is 17.8. The van der Waals surface area contributed by atoms with E-state index in [2.05, 4.69) is 4.98 Å². The van der Waals surface area contributed by atoms with Crippen molar-refractivity contribution in [3.63, 3.8) is 0 Å². The topological polar surface area (TPSA) is 50.3 Å². The summed E-state index contributed by atoms with van der Waals surface area (Å²) in [6, 6.07) is 13.3. The van der Waals surface area contributed by atoms with Crippen LogP contribution in [0.25, 0.3) is 11.1 Å². The first-order valence-corrected chi connectivity index (χ1v) is 10.1. The highest BCUT2D eigenvalue weighted by molar-refractivity contribution is 5.97. The lowest BCUT2D eigenvalue weighted by atomic mass is 9.96. The molecule has 4 nitrogen and oxygen atoms in total. The van der Waals surface area contributed by atoms with Crippen LogP contribution in [0, 0.1) is 18.7 Å². The van der Waals surface area contributed by atoms with Crippen molar-refractivity contribution in [1.82, 2.24) is 4.98 Å². The van der Waals surface area contributed by atoms with Gasteiger partial charge < -0.3 is 4.90 Å². The number of hydrogen-bond donors (Lipinski definition) is 0. The van der Waals surface area contributed by atoms with Gasteiger partial charge in [0.1, 0.15) is 5.82 Å². The highest BCUT2D eigenvalue weighted by atomic mass is 19.1. The fourth-order valence-corrected chi connectivity index (χ4v) is 3.41. The second-order valence-corrected chi connectivity index (χ2v) is 7.37. The van der Waals surface area contributed by atoms with Gasteiger partial charge in [0.2, 0.25) is 11.9 Å². The average Bonchev–Trinajstić information content (AvgIpc) is 2.79. The second-order valence-electron chi connectivity index (χ2n) is 7.37. The Kier molecular flexibility index (Phi) is 6.90. The van der Waals surface area contributed by atoms with Crippen molar-refractivity contribution in [3.8, 4) is 11.1 Å². The number of aromatic nitrogens is 1. The van der Waals surface area contributed by atoms with E-state index in [4.69, 9.17) is 0 Å². The first kappa shape index (κ1) is 22.3. The fourth-order valence-electron chi connectivity index (χ4n) is 3.41. The smallest absolute Gasteiger partial charge is 0.226 e. The lowest BCUT2D eigenvalue weighted by Gasteiger charge is -2.19. The molecule has 0 aliphatic heterocycles. The number of amides is 1. The van der Waals surface area contributed by atoms with Crippen molar-refractivity contribution in [1.29, 1.82) is 0 Å². The maximum Gasteiger partial charge on any atom is 0.226 e. The molecule has 0 unspecified atom stereocenters. The highest BCUT2D eigenvalue weighted by Crippen LogP contribution is 2.31. The molecule has 0 aliphatic carbocycles. The molecule has 1 heterocycles. The standard InChI is InChI=1S/C25H24F2N2O2/c1-4-24(31)29(3)21-12-11-20(16(2)25(21)27)18-7-9-19(10-8-18)22(30)13-5-17-6-14-23(26)28-15-17/h6-12,14-15H,4-5,13H2,1-3H3. The number of hydrogen-bond acceptors (Lipinski definition) is 3. The van der Waals surface area contributed by atoms with Gasteiger partial charge in [0.15, 0.2) is 5.78 Å². The van der Waals surface area contributed by atoms with E-state index in [0.717, 1.165) is 11.1 Å². The van der Waals surface area contributed by atoms with Crippen molar-refractivity contribution >= 4 is 17.4 Å². The summed E-state index contributed by atoms with van der Waals surface area (Å²) in [5.74, 6) is -1.18. The van der Waals surface area contributed by atoms with Gasteiger partial charge >= 0.3 is 0 Å². The Balaban J connectivity index is 1.74. The maximum absolute atomic E-state index is 14.9. The summed E-state index contributed by atoms with van der Waals surface area (Å²) in [6.07, 6.45) is 2.48. The predicted octanol–water partition coefficient (Wildman–Crippen LogP) is 5.52. The van der Waals surface area contributed by atoms with Gasteiger partial charge in [-0.2, -0.15) is 4.39 Å². The minimum Gasteiger partial charge on any atom is -0.313 e. The van der Waals surface area contributed by atoms with Crippen molar-refractivity contribution in [2.45, 2.75) is 33.1 Å². The summed E-state index contributed by atoms with van der Waals surface area (Å²) in [4.78, 5) is 29.3. The monoisotopic (exact) mass is 422 g/mol. The number of anilines is 1. The molecule has 0 bridgehead atoms. The summed E-state index contributed by atoms with van der Waals surface area (Å²) >= 11 is 0. The van der Waals surface area contributed by atoms with Crippen molar-refractivity contribution in [2.75, 3.05) is 11.9 Å². The van der Waals surface area contributed by atoms with Gasteiger partial charge in [-0.25, -0.2) is 9.37 Å². The van der Waals surface area contributed by atoms with E-state index in [-0.39, 0.29) is 23.8 Å².